The van der Waals surface area contributed by atoms with Gasteiger partial charge in [-0.1, -0.05) is 36.5 Å². The molecule has 0 bridgehead atoms. The summed E-state index contributed by atoms with van der Waals surface area (Å²) in [5.74, 6) is -0.363. The molecule has 0 spiro atoms. The Morgan fingerprint density at radius 1 is 1.20 bits per heavy atom. The fraction of sp³-hybridized carbons (Fsp3) is 0.0667. The number of para-hydroxylation sites is 2. The van der Waals surface area contributed by atoms with E-state index in [1.165, 1.54) is 0 Å². The highest BCUT2D eigenvalue weighted by atomic mass is 32.1. The first-order valence-corrected chi connectivity index (χ1v) is 6.54. The van der Waals surface area contributed by atoms with E-state index in [-0.39, 0.29) is 16.4 Å². The fourth-order valence-corrected chi connectivity index (χ4v) is 2.37. The molecule has 20 heavy (non-hydrogen) atoms. The van der Waals surface area contributed by atoms with Crippen molar-refractivity contribution in [1.82, 2.24) is 9.55 Å². The molecular weight excluding hydrogens is 273 g/mol. The van der Waals surface area contributed by atoms with E-state index in [1.807, 2.05) is 28.8 Å². The summed E-state index contributed by atoms with van der Waals surface area (Å²) in [6.45, 7) is 0.392. The topological polar surface area (TPSA) is 43.8 Å². The normalized spacial score (nSPS) is 10.8. The molecule has 0 aliphatic carbocycles. The number of hydrogen-bond donors (Lipinski definition) is 1. The van der Waals surface area contributed by atoms with Crippen molar-refractivity contribution in [2.75, 3.05) is 0 Å². The second-order valence-electron chi connectivity index (χ2n) is 4.50. The zero-order valence-electron chi connectivity index (χ0n) is 10.6. The number of aromatic nitrogens is 2. The van der Waals surface area contributed by atoms with Crippen LogP contribution in [0, 0.1) is 5.82 Å². The first kappa shape index (κ1) is 12.7. The van der Waals surface area contributed by atoms with Gasteiger partial charge < -0.3 is 10.3 Å². The first-order valence-electron chi connectivity index (χ1n) is 6.14. The van der Waals surface area contributed by atoms with Gasteiger partial charge in [-0.2, -0.15) is 0 Å². The molecule has 100 valence electrons. The van der Waals surface area contributed by atoms with E-state index < -0.39 is 0 Å². The SMILES string of the molecule is NC(=S)c1cccc(Cn2cnc3ccccc32)c1F. The maximum atomic E-state index is 14.3. The Morgan fingerprint density at radius 3 is 2.80 bits per heavy atom. The van der Waals surface area contributed by atoms with Crippen LogP contribution in [-0.4, -0.2) is 14.5 Å². The number of thiocarbonyl (C=S) groups is 1. The van der Waals surface area contributed by atoms with Gasteiger partial charge in [0.25, 0.3) is 0 Å². The molecule has 0 aliphatic heterocycles. The molecule has 3 rings (SSSR count). The molecule has 0 fully saturated rings. The number of halogens is 1. The van der Waals surface area contributed by atoms with Gasteiger partial charge in [0.15, 0.2) is 0 Å². The molecule has 5 heteroatoms. The van der Waals surface area contributed by atoms with Gasteiger partial charge >= 0.3 is 0 Å². The third-order valence-corrected chi connectivity index (χ3v) is 3.43. The lowest BCUT2D eigenvalue weighted by atomic mass is 10.1. The number of hydrogen-bond acceptors (Lipinski definition) is 2. The Balaban J connectivity index is 2.03. The van der Waals surface area contributed by atoms with Crippen LogP contribution in [0.2, 0.25) is 0 Å². The number of nitrogens with zero attached hydrogens (tertiary/aromatic N) is 2. The summed E-state index contributed by atoms with van der Waals surface area (Å²) in [4.78, 5) is 4.36. The maximum Gasteiger partial charge on any atom is 0.138 e. The van der Waals surface area contributed by atoms with Crippen LogP contribution in [0.4, 0.5) is 4.39 Å². The molecule has 2 N–H and O–H groups in total. The Kier molecular flexibility index (Phi) is 3.20. The number of benzene rings is 2. The standard InChI is InChI=1S/C15H12FN3S/c16-14-10(4-3-5-11(14)15(17)20)8-19-9-18-12-6-1-2-7-13(12)19/h1-7,9H,8H2,(H2,17,20). The van der Waals surface area contributed by atoms with Crippen LogP contribution < -0.4 is 5.73 Å². The van der Waals surface area contributed by atoms with Gasteiger partial charge in [0, 0.05) is 11.1 Å². The molecule has 2 aromatic carbocycles. The summed E-state index contributed by atoms with van der Waals surface area (Å²) in [6.07, 6.45) is 1.71. The molecule has 3 aromatic rings. The number of rotatable bonds is 3. The van der Waals surface area contributed by atoms with Gasteiger partial charge in [0.2, 0.25) is 0 Å². The van der Waals surface area contributed by atoms with Crippen LogP contribution in [0.25, 0.3) is 11.0 Å². The molecule has 0 aliphatic rings. The Morgan fingerprint density at radius 2 is 2.00 bits per heavy atom. The highest BCUT2D eigenvalue weighted by Gasteiger charge is 2.11. The maximum absolute atomic E-state index is 14.3. The number of nitrogens with two attached hydrogens (primary N) is 1. The summed E-state index contributed by atoms with van der Waals surface area (Å²) < 4.78 is 16.2. The summed E-state index contributed by atoms with van der Waals surface area (Å²) in [7, 11) is 0. The van der Waals surface area contributed by atoms with E-state index in [9.17, 15) is 4.39 Å². The molecule has 0 unspecified atom stereocenters. The van der Waals surface area contributed by atoms with Crippen molar-refractivity contribution in [3.05, 3.63) is 65.7 Å². The van der Waals surface area contributed by atoms with E-state index in [0.717, 1.165) is 11.0 Å². The van der Waals surface area contributed by atoms with Crippen molar-refractivity contribution >= 4 is 28.2 Å². The minimum Gasteiger partial charge on any atom is -0.389 e. The Labute approximate surface area is 120 Å². The van der Waals surface area contributed by atoms with Crippen LogP contribution in [0.3, 0.4) is 0 Å². The van der Waals surface area contributed by atoms with E-state index in [2.05, 4.69) is 4.98 Å². The Hall–Kier alpha value is -2.27. The average Bonchev–Trinajstić information content (AvgIpc) is 2.84. The monoisotopic (exact) mass is 285 g/mol. The van der Waals surface area contributed by atoms with Crippen LogP contribution in [0.5, 0.6) is 0 Å². The molecule has 0 amide bonds. The molecular formula is C15H12FN3S. The van der Waals surface area contributed by atoms with Crippen molar-refractivity contribution < 1.29 is 4.39 Å². The van der Waals surface area contributed by atoms with Crippen molar-refractivity contribution in [1.29, 1.82) is 0 Å². The second kappa shape index (κ2) is 5.02. The molecule has 1 aromatic heterocycles. The number of imidazole rings is 1. The van der Waals surface area contributed by atoms with Crippen LogP contribution in [0.1, 0.15) is 11.1 Å². The summed E-state index contributed by atoms with van der Waals surface area (Å²) in [5.41, 5.74) is 8.19. The van der Waals surface area contributed by atoms with E-state index >= 15 is 0 Å². The molecule has 0 saturated heterocycles. The van der Waals surface area contributed by atoms with Crippen LogP contribution >= 0.6 is 12.2 Å². The summed E-state index contributed by atoms with van der Waals surface area (Å²) in [6, 6.07) is 12.8. The predicted molar refractivity (Wildman–Crippen MR) is 81.1 cm³/mol. The lowest BCUT2D eigenvalue weighted by Gasteiger charge is -2.09. The molecule has 1 heterocycles. The van der Waals surface area contributed by atoms with Gasteiger partial charge in [-0.05, 0) is 18.2 Å². The van der Waals surface area contributed by atoms with Crippen molar-refractivity contribution in [3.8, 4) is 0 Å². The van der Waals surface area contributed by atoms with E-state index in [4.69, 9.17) is 18.0 Å². The third kappa shape index (κ3) is 2.16. The summed E-state index contributed by atoms with van der Waals surface area (Å²) in [5, 5.41) is 0. The first-order chi connectivity index (χ1) is 9.66. The van der Waals surface area contributed by atoms with E-state index in [1.54, 1.807) is 24.5 Å². The average molecular weight is 285 g/mol. The van der Waals surface area contributed by atoms with Crippen molar-refractivity contribution in [2.45, 2.75) is 6.54 Å². The lowest BCUT2D eigenvalue weighted by molar-refractivity contribution is 0.599. The zero-order chi connectivity index (χ0) is 14.1. The minimum absolute atomic E-state index is 0.0693. The lowest BCUT2D eigenvalue weighted by Crippen LogP contribution is -2.13. The molecule has 0 saturated carbocycles. The van der Waals surface area contributed by atoms with Gasteiger partial charge in [-0.25, -0.2) is 9.37 Å². The molecule has 3 nitrogen and oxygen atoms in total. The zero-order valence-corrected chi connectivity index (χ0v) is 11.4. The summed E-state index contributed by atoms with van der Waals surface area (Å²) >= 11 is 4.85. The smallest absolute Gasteiger partial charge is 0.138 e. The largest absolute Gasteiger partial charge is 0.389 e. The molecule has 0 radical (unpaired) electrons. The van der Waals surface area contributed by atoms with Crippen LogP contribution in [0.15, 0.2) is 48.8 Å². The molecule has 0 atom stereocenters. The van der Waals surface area contributed by atoms with Crippen LogP contribution in [-0.2, 0) is 6.54 Å². The van der Waals surface area contributed by atoms with Gasteiger partial charge in [0.05, 0.1) is 23.9 Å². The van der Waals surface area contributed by atoms with Crippen molar-refractivity contribution in [3.63, 3.8) is 0 Å². The van der Waals surface area contributed by atoms with Gasteiger partial charge in [-0.3, -0.25) is 0 Å². The highest BCUT2D eigenvalue weighted by Crippen LogP contribution is 2.18. The van der Waals surface area contributed by atoms with Gasteiger partial charge in [-0.15, -0.1) is 0 Å². The second-order valence-corrected chi connectivity index (χ2v) is 4.94. The third-order valence-electron chi connectivity index (χ3n) is 3.21. The van der Waals surface area contributed by atoms with Gasteiger partial charge in [0.1, 0.15) is 10.8 Å². The minimum atomic E-state index is -0.363. The van der Waals surface area contributed by atoms with Crippen molar-refractivity contribution in [2.24, 2.45) is 5.73 Å². The quantitative estimate of drug-likeness (QED) is 0.753. The van der Waals surface area contributed by atoms with E-state index in [0.29, 0.717) is 12.1 Å². The Bertz CT molecular complexity index is 795. The number of fused-ring (bicyclic) bond motifs is 1. The highest BCUT2D eigenvalue weighted by molar-refractivity contribution is 7.80. The fourth-order valence-electron chi connectivity index (χ4n) is 2.21. The predicted octanol–water partition coefficient (Wildman–Crippen LogP) is 2.86.